The van der Waals surface area contributed by atoms with Crippen LogP contribution < -0.4 is 4.72 Å². The minimum absolute atomic E-state index is 0.0712. The number of nitrogens with one attached hydrogen (secondary N) is 1. The van der Waals surface area contributed by atoms with Gasteiger partial charge in [-0.25, -0.2) is 13.2 Å². The fourth-order valence-corrected chi connectivity index (χ4v) is 4.11. The summed E-state index contributed by atoms with van der Waals surface area (Å²) in [5, 5.41) is 9.26. The van der Waals surface area contributed by atoms with Crippen molar-refractivity contribution in [3.8, 4) is 0 Å². The van der Waals surface area contributed by atoms with E-state index in [2.05, 4.69) is 4.72 Å². The van der Waals surface area contributed by atoms with Gasteiger partial charge in [0.2, 0.25) is 0 Å². The van der Waals surface area contributed by atoms with Crippen molar-refractivity contribution in [3.05, 3.63) is 95.1 Å². The third-order valence-corrected chi connectivity index (χ3v) is 6.11. The van der Waals surface area contributed by atoms with Gasteiger partial charge < -0.3 is 5.11 Å². The van der Waals surface area contributed by atoms with E-state index in [0.29, 0.717) is 24.1 Å². The first-order chi connectivity index (χ1) is 14.3. The van der Waals surface area contributed by atoms with Gasteiger partial charge in [-0.05, 0) is 61.2 Å². The Morgan fingerprint density at radius 1 is 0.867 bits per heavy atom. The molecule has 0 amide bonds. The molecule has 0 aromatic heterocycles. The zero-order valence-corrected chi connectivity index (χ0v) is 17.1. The summed E-state index contributed by atoms with van der Waals surface area (Å²) in [6.45, 7) is 1.42. The summed E-state index contributed by atoms with van der Waals surface area (Å²) >= 11 is 0. The largest absolute Gasteiger partial charge is 0.478 e. The molecule has 0 aliphatic heterocycles. The molecule has 0 atom stereocenters. The summed E-state index contributed by atoms with van der Waals surface area (Å²) in [5.74, 6) is -1.08. The number of aromatic carboxylic acids is 1. The van der Waals surface area contributed by atoms with Crippen molar-refractivity contribution in [2.75, 3.05) is 4.72 Å². The molecule has 0 aliphatic carbocycles. The number of hydrogen-bond donors (Lipinski definition) is 2. The topological polar surface area (TPSA) is 101 Å². The average Bonchev–Trinajstić information content (AvgIpc) is 2.73. The predicted octanol–water partition coefficient (Wildman–Crippen LogP) is 4.17. The molecule has 0 aliphatic rings. The van der Waals surface area contributed by atoms with Crippen LogP contribution in [0.2, 0.25) is 0 Å². The summed E-state index contributed by atoms with van der Waals surface area (Å²) in [6, 6.07) is 19.6. The first-order valence-corrected chi connectivity index (χ1v) is 10.8. The highest BCUT2D eigenvalue weighted by molar-refractivity contribution is 7.92. The number of carboxylic acid groups (broad SMARTS) is 1. The number of hydrogen-bond acceptors (Lipinski definition) is 4. The van der Waals surface area contributed by atoms with Crippen molar-refractivity contribution < 1.29 is 23.1 Å². The van der Waals surface area contributed by atoms with Crippen molar-refractivity contribution >= 4 is 27.5 Å². The summed E-state index contributed by atoms with van der Waals surface area (Å²) in [5.41, 5.74) is 2.87. The Hall–Kier alpha value is -3.45. The lowest BCUT2D eigenvalue weighted by molar-refractivity contribution is 0.0695. The van der Waals surface area contributed by atoms with Gasteiger partial charge in [-0.1, -0.05) is 42.5 Å². The number of anilines is 1. The van der Waals surface area contributed by atoms with Gasteiger partial charge >= 0.3 is 5.97 Å². The Morgan fingerprint density at radius 2 is 1.50 bits per heavy atom. The number of aryl methyl sites for hydroxylation is 2. The SMILES string of the molecule is CC(=O)c1ccc(S(=O)(=O)Nc2ccc(CCc3ccccc3C(=O)O)cc2)cc1. The molecule has 7 heteroatoms. The van der Waals surface area contributed by atoms with E-state index in [-0.39, 0.29) is 16.2 Å². The molecule has 0 saturated carbocycles. The molecule has 0 spiro atoms. The van der Waals surface area contributed by atoms with E-state index in [1.807, 2.05) is 6.07 Å². The van der Waals surface area contributed by atoms with Crippen LogP contribution in [0.4, 0.5) is 5.69 Å². The number of carbonyl (C=O) groups is 2. The maximum atomic E-state index is 12.5. The Kier molecular flexibility index (Phi) is 6.32. The number of Topliss-reactive ketones (excluding diaryl/α,β-unsaturated/α-hetero) is 1. The third-order valence-electron chi connectivity index (χ3n) is 4.71. The first-order valence-electron chi connectivity index (χ1n) is 9.30. The van der Waals surface area contributed by atoms with Crippen LogP contribution in [-0.2, 0) is 22.9 Å². The van der Waals surface area contributed by atoms with Gasteiger partial charge in [0.05, 0.1) is 10.5 Å². The maximum absolute atomic E-state index is 12.5. The molecule has 0 bridgehead atoms. The minimum Gasteiger partial charge on any atom is -0.478 e. The van der Waals surface area contributed by atoms with Crippen LogP contribution in [0, 0.1) is 0 Å². The van der Waals surface area contributed by atoms with Crippen LogP contribution in [0.3, 0.4) is 0 Å². The average molecular weight is 423 g/mol. The molecular formula is C23H21NO5S. The Balaban J connectivity index is 1.67. The lowest BCUT2D eigenvalue weighted by Gasteiger charge is -2.10. The fourth-order valence-electron chi connectivity index (χ4n) is 3.05. The van der Waals surface area contributed by atoms with E-state index in [1.54, 1.807) is 42.5 Å². The maximum Gasteiger partial charge on any atom is 0.335 e. The van der Waals surface area contributed by atoms with Gasteiger partial charge in [0.15, 0.2) is 5.78 Å². The van der Waals surface area contributed by atoms with Gasteiger partial charge in [0, 0.05) is 11.3 Å². The second-order valence-corrected chi connectivity index (χ2v) is 8.53. The number of carbonyl (C=O) groups excluding carboxylic acids is 1. The van der Waals surface area contributed by atoms with E-state index in [0.717, 1.165) is 11.1 Å². The van der Waals surface area contributed by atoms with Crippen molar-refractivity contribution in [2.24, 2.45) is 0 Å². The molecule has 0 fully saturated rings. The molecule has 3 aromatic carbocycles. The van der Waals surface area contributed by atoms with Crippen LogP contribution in [0.5, 0.6) is 0 Å². The highest BCUT2D eigenvalue weighted by Gasteiger charge is 2.15. The second kappa shape index (κ2) is 8.92. The Morgan fingerprint density at radius 3 is 2.10 bits per heavy atom. The van der Waals surface area contributed by atoms with Crippen LogP contribution in [0.15, 0.2) is 77.7 Å². The molecule has 2 N–H and O–H groups in total. The standard InChI is InChI=1S/C23H21NO5S/c1-16(25)18-10-14-21(15-11-18)30(28,29)24-20-12-7-17(8-13-20)6-9-19-4-2-3-5-22(19)23(26)27/h2-5,7-8,10-15,24H,6,9H2,1H3,(H,26,27). The van der Waals surface area contributed by atoms with Crippen molar-refractivity contribution in [2.45, 2.75) is 24.7 Å². The van der Waals surface area contributed by atoms with E-state index in [9.17, 15) is 23.1 Å². The van der Waals surface area contributed by atoms with Crippen molar-refractivity contribution in [1.82, 2.24) is 0 Å². The molecule has 0 unspecified atom stereocenters. The number of carboxylic acids is 1. The lowest BCUT2D eigenvalue weighted by Crippen LogP contribution is -2.13. The monoisotopic (exact) mass is 423 g/mol. The molecule has 30 heavy (non-hydrogen) atoms. The molecule has 3 rings (SSSR count). The molecule has 3 aromatic rings. The van der Waals surface area contributed by atoms with Gasteiger partial charge in [0.1, 0.15) is 0 Å². The minimum atomic E-state index is -3.77. The number of sulfonamides is 1. The number of benzene rings is 3. The quantitative estimate of drug-likeness (QED) is 0.530. The summed E-state index contributed by atoms with van der Waals surface area (Å²) in [6.07, 6.45) is 1.19. The number of rotatable bonds is 8. The second-order valence-electron chi connectivity index (χ2n) is 6.85. The van der Waals surface area contributed by atoms with Crippen LogP contribution >= 0.6 is 0 Å². The van der Waals surface area contributed by atoms with Gasteiger partial charge in [-0.3, -0.25) is 9.52 Å². The normalized spacial score (nSPS) is 11.1. The lowest BCUT2D eigenvalue weighted by atomic mass is 10.00. The smallest absolute Gasteiger partial charge is 0.335 e. The van der Waals surface area contributed by atoms with Gasteiger partial charge in [0.25, 0.3) is 10.0 Å². The predicted molar refractivity (Wildman–Crippen MR) is 115 cm³/mol. The molecule has 0 radical (unpaired) electrons. The van der Waals surface area contributed by atoms with Crippen LogP contribution in [0.25, 0.3) is 0 Å². The first kappa shape index (κ1) is 21.3. The van der Waals surface area contributed by atoms with E-state index in [1.165, 1.54) is 31.2 Å². The fraction of sp³-hybridized carbons (Fsp3) is 0.130. The highest BCUT2D eigenvalue weighted by Crippen LogP contribution is 2.19. The van der Waals surface area contributed by atoms with E-state index >= 15 is 0 Å². The summed E-state index contributed by atoms with van der Waals surface area (Å²) in [4.78, 5) is 22.7. The molecule has 6 nitrogen and oxygen atoms in total. The molecule has 0 heterocycles. The van der Waals surface area contributed by atoms with Crippen LogP contribution in [0.1, 0.15) is 38.8 Å². The molecule has 0 saturated heterocycles. The van der Waals surface area contributed by atoms with E-state index < -0.39 is 16.0 Å². The zero-order valence-electron chi connectivity index (χ0n) is 16.3. The highest BCUT2D eigenvalue weighted by atomic mass is 32.2. The van der Waals surface area contributed by atoms with Gasteiger partial charge in [-0.15, -0.1) is 0 Å². The Bertz CT molecular complexity index is 1170. The van der Waals surface area contributed by atoms with Gasteiger partial charge in [-0.2, -0.15) is 0 Å². The Labute approximate surface area is 175 Å². The molecule has 154 valence electrons. The third kappa shape index (κ3) is 5.12. The van der Waals surface area contributed by atoms with E-state index in [4.69, 9.17) is 0 Å². The molecular weight excluding hydrogens is 402 g/mol. The van der Waals surface area contributed by atoms with Crippen molar-refractivity contribution in [1.29, 1.82) is 0 Å². The summed E-state index contributed by atoms with van der Waals surface area (Å²) < 4.78 is 27.6. The summed E-state index contributed by atoms with van der Waals surface area (Å²) in [7, 11) is -3.77. The zero-order chi connectivity index (χ0) is 21.7. The van der Waals surface area contributed by atoms with Crippen LogP contribution in [-0.4, -0.2) is 25.3 Å². The van der Waals surface area contributed by atoms with Crippen molar-refractivity contribution in [3.63, 3.8) is 0 Å². The number of ketones is 1.